The molecule has 0 bridgehead atoms. The lowest BCUT2D eigenvalue weighted by atomic mass is 10.1. The first-order chi connectivity index (χ1) is 12.1. The Hall–Kier alpha value is -3.03. The van der Waals surface area contributed by atoms with Gasteiger partial charge in [0.1, 0.15) is 0 Å². The molecule has 0 amide bonds. The van der Waals surface area contributed by atoms with Gasteiger partial charge in [-0.2, -0.15) is 13.6 Å². The van der Waals surface area contributed by atoms with Crippen LogP contribution in [0.5, 0.6) is 11.5 Å². The van der Waals surface area contributed by atoms with Gasteiger partial charge in [-0.3, -0.25) is 0 Å². The Labute approximate surface area is 143 Å². The van der Waals surface area contributed by atoms with Crippen molar-refractivity contribution in [1.82, 2.24) is 20.2 Å². The number of aryl methyl sites for hydroxylation is 1. The number of benzene rings is 2. The summed E-state index contributed by atoms with van der Waals surface area (Å²) >= 11 is 0. The van der Waals surface area contributed by atoms with Gasteiger partial charge in [0.25, 0.3) is 0 Å². The molecule has 0 radical (unpaired) electrons. The van der Waals surface area contributed by atoms with Crippen LogP contribution in [-0.4, -0.2) is 33.9 Å². The Morgan fingerprint density at radius 1 is 1.12 bits per heavy atom. The third-order valence-electron chi connectivity index (χ3n) is 3.61. The quantitative estimate of drug-likeness (QED) is 0.685. The van der Waals surface area contributed by atoms with Crippen molar-refractivity contribution < 1.29 is 18.3 Å². The highest BCUT2D eigenvalue weighted by molar-refractivity contribution is 5.58. The van der Waals surface area contributed by atoms with Crippen LogP contribution >= 0.6 is 0 Å². The Balaban J connectivity index is 1.80. The molecule has 3 rings (SSSR count). The van der Waals surface area contributed by atoms with Gasteiger partial charge in [-0.05, 0) is 35.4 Å². The largest absolute Gasteiger partial charge is 0.493 e. The number of hydrogen-bond acceptors (Lipinski definition) is 5. The Morgan fingerprint density at radius 3 is 2.64 bits per heavy atom. The minimum Gasteiger partial charge on any atom is -0.493 e. The summed E-state index contributed by atoms with van der Waals surface area (Å²) in [5.74, 6) is 0.730. The second kappa shape index (κ2) is 7.25. The molecular formula is C17H16F2N4O2. The van der Waals surface area contributed by atoms with E-state index in [1.54, 1.807) is 12.1 Å². The van der Waals surface area contributed by atoms with Gasteiger partial charge < -0.3 is 9.47 Å². The van der Waals surface area contributed by atoms with Crippen molar-refractivity contribution in [3.63, 3.8) is 0 Å². The first-order valence-electron chi connectivity index (χ1n) is 7.52. The summed E-state index contributed by atoms with van der Waals surface area (Å²) in [6.45, 7) is -0.610. The van der Waals surface area contributed by atoms with Crippen LogP contribution in [0.3, 0.4) is 0 Å². The van der Waals surface area contributed by atoms with Crippen LogP contribution in [0.15, 0.2) is 42.5 Å². The molecule has 130 valence electrons. The Bertz CT molecular complexity index is 867. The highest BCUT2D eigenvalue weighted by Crippen LogP contribution is 2.29. The molecule has 1 aromatic heterocycles. The molecule has 0 N–H and O–H groups in total. The topological polar surface area (TPSA) is 62.1 Å². The van der Waals surface area contributed by atoms with Crippen LogP contribution in [0.1, 0.15) is 11.1 Å². The number of methoxy groups -OCH3 is 1. The Morgan fingerprint density at radius 2 is 1.92 bits per heavy atom. The molecule has 1 heterocycles. The fourth-order valence-corrected chi connectivity index (χ4v) is 2.41. The fourth-order valence-electron chi connectivity index (χ4n) is 2.41. The molecule has 25 heavy (non-hydrogen) atoms. The molecule has 0 aliphatic rings. The van der Waals surface area contributed by atoms with Crippen LogP contribution in [0.4, 0.5) is 8.78 Å². The lowest BCUT2D eigenvalue weighted by Gasteiger charge is -2.11. The highest BCUT2D eigenvalue weighted by atomic mass is 19.3. The summed E-state index contributed by atoms with van der Waals surface area (Å²) in [5, 5.41) is 12.5. The van der Waals surface area contributed by atoms with Gasteiger partial charge in [0.05, 0.1) is 13.7 Å². The van der Waals surface area contributed by atoms with Gasteiger partial charge in [0, 0.05) is 5.56 Å². The molecule has 0 spiro atoms. The average Bonchev–Trinajstić information content (AvgIpc) is 3.04. The Kier molecular flexibility index (Phi) is 4.87. The molecule has 0 unspecified atom stereocenters. The standard InChI is InChI=1S/C17H16F2N4O2/c1-11-5-3-4-6-13(11)16-20-22-23(21-16)10-12-7-8-14(25-17(18)19)15(9-12)24-2/h3-9,17H,10H2,1-2H3. The van der Waals surface area contributed by atoms with Gasteiger partial charge in [0.2, 0.25) is 5.82 Å². The summed E-state index contributed by atoms with van der Waals surface area (Å²) in [6.07, 6.45) is 0. The van der Waals surface area contributed by atoms with Crippen LogP contribution in [-0.2, 0) is 6.54 Å². The number of tetrazole rings is 1. The monoisotopic (exact) mass is 346 g/mol. The summed E-state index contributed by atoms with van der Waals surface area (Å²) in [7, 11) is 1.39. The first-order valence-corrected chi connectivity index (χ1v) is 7.52. The van der Waals surface area contributed by atoms with E-state index < -0.39 is 6.61 Å². The summed E-state index contributed by atoms with van der Waals surface area (Å²) in [4.78, 5) is 1.43. The van der Waals surface area contributed by atoms with Crippen LogP contribution in [0, 0.1) is 6.92 Å². The van der Waals surface area contributed by atoms with E-state index >= 15 is 0 Å². The maximum Gasteiger partial charge on any atom is 0.387 e. The van der Waals surface area contributed by atoms with Gasteiger partial charge in [0.15, 0.2) is 11.5 Å². The molecule has 8 heteroatoms. The third kappa shape index (κ3) is 3.90. The van der Waals surface area contributed by atoms with E-state index in [9.17, 15) is 8.78 Å². The first kappa shape index (κ1) is 16.8. The second-order valence-electron chi connectivity index (χ2n) is 5.32. The predicted molar refractivity (Wildman–Crippen MR) is 86.7 cm³/mol. The van der Waals surface area contributed by atoms with E-state index in [0.29, 0.717) is 12.4 Å². The molecule has 0 saturated carbocycles. The normalized spacial score (nSPS) is 10.9. The molecule has 0 saturated heterocycles. The maximum atomic E-state index is 12.4. The summed E-state index contributed by atoms with van der Waals surface area (Å²) < 4.78 is 34.2. The SMILES string of the molecule is COc1cc(Cn2nnc(-c3ccccc3C)n2)ccc1OC(F)F. The molecule has 0 aliphatic heterocycles. The zero-order valence-corrected chi connectivity index (χ0v) is 13.7. The van der Waals surface area contributed by atoms with E-state index in [2.05, 4.69) is 20.1 Å². The van der Waals surface area contributed by atoms with Crippen molar-refractivity contribution in [2.75, 3.05) is 7.11 Å². The highest BCUT2D eigenvalue weighted by Gasteiger charge is 2.13. The molecule has 6 nitrogen and oxygen atoms in total. The van der Waals surface area contributed by atoms with Crippen molar-refractivity contribution in [2.24, 2.45) is 0 Å². The number of aromatic nitrogens is 4. The molecule has 2 aromatic carbocycles. The average molecular weight is 346 g/mol. The zero-order chi connectivity index (χ0) is 17.8. The molecule has 0 fully saturated rings. The van der Waals surface area contributed by atoms with E-state index in [1.165, 1.54) is 18.0 Å². The third-order valence-corrected chi connectivity index (χ3v) is 3.61. The van der Waals surface area contributed by atoms with Crippen molar-refractivity contribution in [1.29, 1.82) is 0 Å². The number of nitrogens with zero attached hydrogens (tertiary/aromatic N) is 4. The minimum atomic E-state index is -2.91. The summed E-state index contributed by atoms with van der Waals surface area (Å²) in [6, 6.07) is 12.4. The van der Waals surface area contributed by atoms with Crippen molar-refractivity contribution >= 4 is 0 Å². The van der Waals surface area contributed by atoms with E-state index in [-0.39, 0.29) is 11.5 Å². The number of hydrogen-bond donors (Lipinski definition) is 0. The number of halogens is 2. The predicted octanol–water partition coefficient (Wildman–Crippen LogP) is 3.31. The van der Waals surface area contributed by atoms with Gasteiger partial charge >= 0.3 is 6.61 Å². The van der Waals surface area contributed by atoms with Crippen LogP contribution in [0.2, 0.25) is 0 Å². The number of ether oxygens (including phenoxy) is 2. The molecule has 0 atom stereocenters. The van der Waals surface area contributed by atoms with Crippen LogP contribution < -0.4 is 9.47 Å². The lowest BCUT2D eigenvalue weighted by Crippen LogP contribution is -2.06. The van der Waals surface area contributed by atoms with E-state index in [0.717, 1.165) is 16.7 Å². The van der Waals surface area contributed by atoms with Crippen molar-refractivity contribution in [3.05, 3.63) is 53.6 Å². The van der Waals surface area contributed by atoms with E-state index in [1.807, 2.05) is 31.2 Å². The second-order valence-corrected chi connectivity index (χ2v) is 5.32. The fraction of sp³-hybridized carbons (Fsp3) is 0.235. The number of rotatable bonds is 6. The van der Waals surface area contributed by atoms with Crippen LogP contribution in [0.25, 0.3) is 11.4 Å². The molecular weight excluding hydrogens is 330 g/mol. The van der Waals surface area contributed by atoms with Crippen molar-refractivity contribution in [3.8, 4) is 22.9 Å². The number of alkyl halides is 2. The van der Waals surface area contributed by atoms with Gasteiger partial charge in [-0.1, -0.05) is 30.3 Å². The molecule has 3 aromatic rings. The van der Waals surface area contributed by atoms with Crippen molar-refractivity contribution in [2.45, 2.75) is 20.1 Å². The minimum absolute atomic E-state index is 0.0200. The zero-order valence-electron chi connectivity index (χ0n) is 13.7. The van der Waals surface area contributed by atoms with Gasteiger partial charge in [-0.15, -0.1) is 10.2 Å². The summed E-state index contributed by atoms with van der Waals surface area (Å²) in [5.41, 5.74) is 2.73. The van der Waals surface area contributed by atoms with Gasteiger partial charge in [-0.25, -0.2) is 0 Å². The lowest BCUT2D eigenvalue weighted by molar-refractivity contribution is -0.0512. The molecule has 0 aliphatic carbocycles. The van der Waals surface area contributed by atoms with E-state index in [4.69, 9.17) is 4.74 Å². The smallest absolute Gasteiger partial charge is 0.387 e. The maximum absolute atomic E-state index is 12.4.